The fraction of sp³-hybridized carbons (Fsp3) is 0.360. The third kappa shape index (κ3) is 6.36. The van der Waals surface area contributed by atoms with E-state index >= 15 is 0 Å². The number of para-hydroxylation sites is 1. The van der Waals surface area contributed by atoms with Gasteiger partial charge in [-0.05, 0) is 42.2 Å². The molecule has 0 saturated carbocycles. The summed E-state index contributed by atoms with van der Waals surface area (Å²) in [6, 6.07) is 16.1. The van der Waals surface area contributed by atoms with Crippen molar-refractivity contribution < 1.29 is 9.53 Å². The standard InChI is InChI=1S/C25H29N5O2S2/c1-4-18-9-11-19(12-10-18)32-15-22-28-29-25(30(22)14-17(2)3)33-16-23(31)26-13-24-27-20-7-5-6-8-21(20)34-24/h5-12,17H,4,13-16H2,1-3H3,(H,26,31). The molecule has 0 atom stereocenters. The molecule has 178 valence electrons. The molecular formula is C25H29N5O2S2. The first-order valence-electron chi connectivity index (χ1n) is 11.4. The first-order chi connectivity index (χ1) is 16.5. The van der Waals surface area contributed by atoms with Gasteiger partial charge in [0.05, 0.1) is 22.5 Å². The van der Waals surface area contributed by atoms with Gasteiger partial charge in [-0.15, -0.1) is 21.5 Å². The highest BCUT2D eigenvalue weighted by atomic mass is 32.2. The summed E-state index contributed by atoms with van der Waals surface area (Å²) < 4.78 is 9.12. The summed E-state index contributed by atoms with van der Waals surface area (Å²) in [7, 11) is 0. The number of ether oxygens (including phenoxy) is 1. The van der Waals surface area contributed by atoms with Crippen molar-refractivity contribution in [1.82, 2.24) is 25.1 Å². The highest BCUT2D eigenvalue weighted by Crippen LogP contribution is 2.22. The van der Waals surface area contributed by atoms with Gasteiger partial charge in [-0.1, -0.05) is 56.8 Å². The molecule has 2 aromatic carbocycles. The second-order valence-corrected chi connectivity index (χ2v) is 10.4. The molecule has 2 aromatic heterocycles. The van der Waals surface area contributed by atoms with E-state index < -0.39 is 0 Å². The summed E-state index contributed by atoms with van der Waals surface area (Å²) in [6.45, 7) is 7.93. The van der Waals surface area contributed by atoms with Gasteiger partial charge in [-0.3, -0.25) is 4.79 Å². The van der Waals surface area contributed by atoms with Gasteiger partial charge in [0.2, 0.25) is 5.91 Å². The minimum Gasteiger partial charge on any atom is -0.486 e. The molecule has 0 aliphatic rings. The lowest BCUT2D eigenvalue weighted by Crippen LogP contribution is -2.24. The molecule has 0 fully saturated rings. The molecule has 1 N–H and O–H groups in total. The SMILES string of the molecule is CCc1ccc(OCc2nnc(SCC(=O)NCc3nc4ccccc4s3)n2CC(C)C)cc1. The summed E-state index contributed by atoms with van der Waals surface area (Å²) in [5, 5.41) is 13.3. The van der Waals surface area contributed by atoms with E-state index in [-0.39, 0.29) is 11.7 Å². The number of thiazole rings is 1. The van der Waals surface area contributed by atoms with Crippen molar-refractivity contribution in [2.45, 2.75) is 52.0 Å². The second-order valence-electron chi connectivity index (χ2n) is 8.33. The second kappa shape index (κ2) is 11.5. The molecule has 2 heterocycles. The highest BCUT2D eigenvalue weighted by molar-refractivity contribution is 7.99. The van der Waals surface area contributed by atoms with E-state index in [0.29, 0.717) is 19.1 Å². The van der Waals surface area contributed by atoms with Crippen LogP contribution in [0.25, 0.3) is 10.2 Å². The van der Waals surface area contributed by atoms with E-state index in [1.807, 2.05) is 36.4 Å². The third-order valence-electron chi connectivity index (χ3n) is 5.15. The van der Waals surface area contributed by atoms with Crippen LogP contribution in [-0.4, -0.2) is 31.4 Å². The topological polar surface area (TPSA) is 81.9 Å². The van der Waals surface area contributed by atoms with Crippen molar-refractivity contribution in [2.24, 2.45) is 5.92 Å². The highest BCUT2D eigenvalue weighted by Gasteiger charge is 2.16. The summed E-state index contributed by atoms with van der Waals surface area (Å²) in [4.78, 5) is 17.0. The summed E-state index contributed by atoms with van der Waals surface area (Å²) in [6.07, 6.45) is 0.998. The van der Waals surface area contributed by atoms with E-state index in [1.165, 1.54) is 17.3 Å². The summed E-state index contributed by atoms with van der Waals surface area (Å²) >= 11 is 2.99. The number of nitrogens with zero attached hydrogens (tertiary/aromatic N) is 4. The van der Waals surface area contributed by atoms with Gasteiger partial charge in [0.15, 0.2) is 11.0 Å². The molecule has 9 heteroatoms. The largest absolute Gasteiger partial charge is 0.486 e. The van der Waals surface area contributed by atoms with Crippen LogP contribution in [-0.2, 0) is 30.9 Å². The molecule has 7 nitrogen and oxygen atoms in total. The van der Waals surface area contributed by atoms with E-state index in [4.69, 9.17) is 4.74 Å². The molecule has 0 saturated heterocycles. The van der Waals surface area contributed by atoms with E-state index in [1.54, 1.807) is 11.3 Å². The molecule has 4 rings (SSSR count). The quantitative estimate of drug-likeness (QED) is 0.292. The molecule has 0 unspecified atom stereocenters. The predicted octanol–water partition coefficient (Wildman–Crippen LogP) is 5.09. The Kier molecular flexibility index (Phi) is 8.18. The number of fused-ring (bicyclic) bond motifs is 1. The zero-order chi connectivity index (χ0) is 23.9. The van der Waals surface area contributed by atoms with Crippen LogP contribution in [0.1, 0.15) is 37.2 Å². The maximum absolute atomic E-state index is 12.5. The Morgan fingerprint density at radius 1 is 1.15 bits per heavy atom. The Hall–Kier alpha value is -2.91. The Balaban J connectivity index is 1.33. The monoisotopic (exact) mass is 495 g/mol. The number of nitrogens with one attached hydrogen (secondary N) is 1. The smallest absolute Gasteiger partial charge is 0.230 e. The zero-order valence-corrected chi connectivity index (χ0v) is 21.3. The first kappa shape index (κ1) is 24.2. The third-order valence-corrected chi connectivity index (χ3v) is 7.15. The van der Waals surface area contributed by atoms with Crippen molar-refractivity contribution >= 4 is 39.2 Å². The number of hydrogen-bond donors (Lipinski definition) is 1. The number of thioether (sulfide) groups is 1. The maximum atomic E-state index is 12.5. The molecule has 34 heavy (non-hydrogen) atoms. The number of amides is 1. The fourth-order valence-electron chi connectivity index (χ4n) is 3.40. The lowest BCUT2D eigenvalue weighted by Gasteiger charge is -2.13. The number of hydrogen-bond acceptors (Lipinski definition) is 7. The number of benzene rings is 2. The van der Waals surface area contributed by atoms with Gasteiger partial charge < -0.3 is 14.6 Å². The minimum atomic E-state index is -0.0582. The normalized spacial score (nSPS) is 11.3. The van der Waals surface area contributed by atoms with Crippen LogP contribution in [0, 0.1) is 5.92 Å². The van der Waals surface area contributed by atoms with Gasteiger partial charge >= 0.3 is 0 Å². The van der Waals surface area contributed by atoms with Gasteiger partial charge in [0.25, 0.3) is 0 Å². The number of aryl methyl sites for hydroxylation is 1. The van der Waals surface area contributed by atoms with Crippen LogP contribution < -0.4 is 10.1 Å². The summed E-state index contributed by atoms with van der Waals surface area (Å²) in [5.74, 6) is 2.17. The molecule has 0 radical (unpaired) electrons. The van der Waals surface area contributed by atoms with Crippen LogP contribution in [0.2, 0.25) is 0 Å². The van der Waals surface area contributed by atoms with Crippen molar-refractivity contribution in [3.05, 3.63) is 64.9 Å². The molecule has 0 aliphatic heterocycles. The van der Waals surface area contributed by atoms with E-state index in [0.717, 1.165) is 44.9 Å². The predicted molar refractivity (Wildman–Crippen MR) is 137 cm³/mol. The van der Waals surface area contributed by atoms with E-state index in [2.05, 4.69) is 58.0 Å². The van der Waals surface area contributed by atoms with Gasteiger partial charge in [0, 0.05) is 6.54 Å². The average molecular weight is 496 g/mol. The summed E-state index contributed by atoms with van der Waals surface area (Å²) in [5.41, 5.74) is 2.24. The number of carbonyl (C=O) groups excluding carboxylic acids is 1. The van der Waals surface area contributed by atoms with Gasteiger partial charge in [-0.25, -0.2) is 4.98 Å². The van der Waals surface area contributed by atoms with Crippen molar-refractivity contribution in [2.75, 3.05) is 5.75 Å². The van der Waals surface area contributed by atoms with Crippen LogP contribution in [0.3, 0.4) is 0 Å². The zero-order valence-electron chi connectivity index (χ0n) is 19.7. The van der Waals surface area contributed by atoms with Gasteiger partial charge in [-0.2, -0.15) is 0 Å². The van der Waals surface area contributed by atoms with Crippen LogP contribution >= 0.6 is 23.1 Å². The Morgan fingerprint density at radius 3 is 2.68 bits per heavy atom. The maximum Gasteiger partial charge on any atom is 0.230 e. The van der Waals surface area contributed by atoms with Crippen LogP contribution in [0.15, 0.2) is 53.7 Å². The Labute approximate surface area is 208 Å². The van der Waals surface area contributed by atoms with Crippen LogP contribution in [0.5, 0.6) is 5.75 Å². The Bertz CT molecular complexity index is 1200. The fourth-order valence-corrected chi connectivity index (χ4v) is 5.10. The molecule has 1 amide bonds. The first-order valence-corrected chi connectivity index (χ1v) is 13.2. The molecule has 0 aliphatic carbocycles. The van der Waals surface area contributed by atoms with Crippen LogP contribution in [0.4, 0.5) is 0 Å². The van der Waals surface area contributed by atoms with Gasteiger partial charge in [0.1, 0.15) is 17.4 Å². The molecule has 4 aromatic rings. The lowest BCUT2D eigenvalue weighted by atomic mass is 10.2. The molecular weight excluding hydrogens is 466 g/mol. The number of aromatic nitrogens is 4. The van der Waals surface area contributed by atoms with Crippen molar-refractivity contribution in [3.63, 3.8) is 0 Å². The minimum absolute atomic E-state index is 0.0582. The van der Waals surface area contributed by atoms with Crippen molar-refractivity contribution in [3.8, 4) is 5.75 Å². The molecule has 0 bridgehead atoms. The molecule has 0 spiro atoms. The Morgan fingerprint density at radius 2 is 1.94 bits per heavy atom. The lowest BCUT2D eigenvalue weighted by molar-refractivity contribution is -0.118. The van der Waals surface area contributed by atoms with Crippen molar-refractivity contribution in [1.29, 1.82) is 0 Å². The average Bonchev–Trinajstić information content (AvgIpc) is 3.43. The number of carbonyl (C=O) groups is 1. The number of rotatable bonds is 11. The van der Waals surface area contributed by atoms with E-state index in [9.17, 15) is 4.79 Å².